The van der Waals surface area contributed by atoms with Crippen molar-refractivity contribution in [3.05, 3.63) is 47.3 Å². The Bertz CT molecular complexity index is 863. The van der Waals surface area contributed by atoms with Gasteiger partial charge in [0.15, 0.2) is 5.78 Å². The number of nitrogens with zero attached hydrogens (tertiary/aromatic N) is 5. The molecule has 0 atom stereocenters. The summed E-state index contributed by atoms with van der Waals surface area (Å²) in [7, 11) is 0. The van der Waals surface area contributed by atoms with E-state index in [-0.39, 0.29) is 17.3 Å². The zero-order valence-corrected chi connectivity index (χ0v) is 14.9. The molecule has 2 aromatic heterocycles. The van der Waals surface area contributed by atoms with E-state index in [4.69, 9.17) is 0 Å². The Morgan fingerprint density at radius 2 is 1.77 bits per heavy atom. The molecule has 2 aliphatic heterocycles. The van der Waals surface area contributed by atoms with Crippen molar-refractivity contribution in [3.8, 4) is 0 Å². The molecule has 7 nitrogen and oxygen atoms in total. The molecule has 4 rings (SSSR count). The first-order valence-electron chi connectivity index (χ1n) is 8.38. The lowest BCUT2D eigenvalue weighted by molar-refractivity contribution is -0.119. The molecule has 0 aliphatic carbocycles. The van der Waals surface area contributed by atoms with Crippen LogP contribution >= 0.6 is 11.8 Å². The lowest BCUT2D eigenvalue weighted by Crippen LogP contribution is -2.47. The van der Waals surface area contributed by atoms with Crippen LogP contribution in [0.5, 0.6) is 0 Å². The van der Waals surface area contributed by atoms with Gasteiger partial charge in [-0.05, 0) is 36.0 Å². The summed E-state index contributed by atoms with van der Waals surface area (Å²) < 4.78 is 0. The lowest BCUT2D eigenvalue weighted by Gasteiger charge is -2.35. The molecule has 8 heteroatoms. The number of hydrogen-bond donors (Lipinski definition) is 0. The predicted octanol–water partition coefficient (Wildman–Crippen LogP) is 1.77. The maximum absolute atomic E-state index is 11.8. The highest BCUT2D eigenvalue weighted by atomic mass is 32.2. The van der Waals surface area contributed by atoms with Crippen LogP contribution < -0.4 is 9.80 Å². The van der Waals surface area contributed by atoms with Crippen molar-refractivity contribution in [2.75, 3.05) is 36.0 Å². The zero-order chi connectivity index (χ0) is 17.9. The first-order valence-corrected chi connectivity index (χ1v) is 9.20. The molecule has 2 saturated heterocycles. The fraction of sp³-hybridized carbons (Fsp3) is 0.278. The highest BCUT2D eigenvalue weighted by molar-refractivity contribution is 8.18. The quantitative estimate of drug-likeness (QED) is 0.600. The molecular formula is C18H17N5O2S. The fourth-order valence-electron chi connectivity index (χ4n) is 2.95. The SMILES string of the molecule is O=C1CC(=O)C(=Cc2ccnc(N3CCN(c4ccccn4)CC3)n2)S1. The van der Waals surface area contributed by atoms with Crippen molar-refractivity contribution >= 4 is 40.5 Å². The molecule has 2 aromatic rings. The number of Topliss-reactive ketones (excluding diaryl/α,β-unsaturated/α-hetero) is 1. The van der Waals surface area contributed by atoms with Crippen LogP contribution in [-0.4, -0.2) is 52.0 Å². The highest BCUT2D eigenvalue weighted by Gasteiger charge is 2.26. The van der Waals surface area contributed by atoms with Crippen molar-refractivity contribution < 1.29 is 9.59 Å². The van der Waals surface area contributed by atoms with Gasteiger partial charge in [0.25, 0.3) is 0 Å². The van der Waals surface area contributed by atoms with Gasteiger partial charge in [0, 0.05) is 38.6 Å². The van der Waals surface area contributed by atoms with Gasteiger partial charge in [-0.3, -0.25) is 9.59 Å². The van der Waals surface area contributed by atoms with E-state index in [1.54, 1.807) is 24.5 Å². The molecule has 0 aromatic carbocycles. The van der Waals surface area contributed by atoms with Crippen molar-refractivity contribution in [1.29, 1.82) is 0 Å². The van der Waals surface area contributed by atoms with Crippen LogP contribution in [0.15, 0.2) is 41.6 Å². The smallest absolute Gasteiger partial charge is 0.225 e. The molecule has 0 spiro atoms. The Hall–Kier alpha value is -2.74. The Morgan fingerprint density at radius 3 is 2.46 bits per heavy atom. The third-order valence-corrected chi connectivity index (χ3v) is 5.22. The number of thioether (sulfide) groups is 1. The van der Waals surface area contributed by atoms with E-state index in [0.717, 1.165) is 43.8 Å². The summed E-state index contributed by atoms with van der Waals surface area (Å²) in [6.45, 7) is 3.27. The number of carbonyl (C=O) groups excluding carboxylic acids is 2. The minimum Gasteiger partial charge on any atom is -0.353 e. The summed E-state index contributed by atoms with van der Waals surface area (Å²) in [5.41, 5.74) is 0.646. The van der Waals surface area contributed by atoms with Gasteiger partial charge in [-0.25, -0.2) is 15.0 Å². The molecule has 0 saturated carbocycles. The maximum Gasteiger partial charge on any atom is 0.225 e. The molecule has 2 aliphatic rings. The van der Waals surface area contributed by atoms with Crippen molar-refractivity contribution in [2.45, 2.75) is 6.42 Å². The van der Waals surface area contributed by atoms with Crippen LogP contribution in [0.25, 0.3) is 6.08 Å². The standard InChI is InChI=1S/C18H17N5O2S/c24-14-12-17(25)26-15(14)11-13-4-6-20-18(21-13)23-9-7-22(8-10-23)16-3-1-2-5-19-16/h1-6,11H,7-10,12H2. The minimum absolute atomic E-state index is 0.0239. The number of aromatic nitrogens is 3. The predicted molar refractivity (Wildman–Crippen MR) is 101 cm³/mol. The van der Waals surface area contributed by atoms with Gasteiger partial charge in [0.2, 0.25) is 11.1 Å². The third-order valence-electron chi connectivity index (χ3n) is 4.28. The first kappa shape index (κ1) is 16.7. The summed E-state index contributed by atoms with van der Waals surface area (Å²) in [6.07, 6.45) is 5.14. The van der Waals surface area contributed by atoms with E-state index in [0.29, 0.717) is 16.5 Å². The Labute approximate surface area is 155 Å². The Kier molecular flexibility index (Phi) is 4.66. The maximum atomic E-state index is 11.8. The molecule has 0 bridgehead atoms. The van der Waals surface area contributed by atoms with E-state index >= 15 is 0 Å². The van der Waals surface area contributed by atoms with Crippen LogP contribution in [0, 0.1) is 0 Å². The highest BCUT2D eigenvalue weighted by Crippen LogP contribution is 2.30. The van der Waals surface area contributed by atoms with E-state index in [1.165, 1.54) is 0 Å². The monoisotopic (exact) mass is 367 g/mol. The number of anilines is 2. The molecular weight excluding hydrogens is 350 g/mol. The molecule has 0 amide bonds. The molecule has 2 fully saturated rings. The normalized spacial score (nSPS) is 19.5. The van der Waals surface area contributed by atoms with Gasteiger partial charge in [0.1, 0.15) is 5.82 Å². The molecule has 0 unspecified atom stereocenters. The van der Waals surface area contributed by atoms with Gasteiger partial charge in [0.05, 0.1) is 17.0 Å². The Balaban J connectivity index is 1.45. The number of pyridine rings is 1. The van der Waals surface area contributed by atoms with Crippen molar-refractivity contribution in [1.82, 2.24) is 15.0 Å². The van der Waals surface area contributed by atoms with Crippen molar-refractivity contribution in [3.63, 3.8) is 0 Å². The summed E-state index contributed by atoms with van der Waals surface area (Å²) in [4.78, 5) is 41.3. The first-order chi connectivity index (χ1) is 12.7. The van der Waals surface area contributed by atoms with Crippen molar-refractivity contribution in [2.24, 2.45) is 0 Å². The van der Waals surface area contributed by atoms with Gasteiger partial charge in [-0.2, -0.15) is 0 Å². The average molecular weight is 367 g/mol. The minimum atomic E-state index is -0.135. The number of ketones is 1. The van der Waals surface area contributed by atoms with E-state index < -0.39 is 0 Å². The molecule has 132 valence electrons. The number of hydrogen-bond acceptors (Lipinski definition) is 8. The summed E-state index contributed by atoms with van der Waals surface area (Å²) in [5.74, 6) is 1.49. The average Bonchev–Trinajstić information content (AvgIpc) is 3.00. The summed E-state index contributed by atoms with van der Waals surface area (Å²) >= 11 is 0.993. The number of allylic oxidation sites excluding steroid dienone is 1. The second kappa shape index (κ2) is 7.25. The molecule has 4 heterocycles. The fourth-order valence-corrected chi connectivity index (χ4v) is 3.76. The van der Waals surface area contributed by atoms with E-state index in [2.05, 4.69) is 24.8 Å². The van der Waals surface area contributed by atoms with Crippen LogP contribution in [0.2, 0.25) is 0 Å². The Morgan fingerprint density at radius 1 is 0.962 bits per heavy atom. The van der Waals surface area contributed by atoms with E-state index in [1.807, 2.05) is 18.2 Å². The van der Waals surface area contributed by atoms with E-state index in [9.17, 15) is 9.59 Å². The van der Waals surface area contributed by atoms with Crippen LogP contribution in [0.1, 0.15) is 12.1 Å². The largest absolute Gasteiger partial charge is 0.353 e. The summed E-state index contributed by atoms with van der Waals surface area (Å²) in [6, 6.07) is 7.66. The number of carbonyl (C=O) groups is 2. The van der Waals surface area contributed by atoms with Gasteiger partial charge in [-0.1, -0.05) is 6.07 Å². The topological polar surface area (TPSA) is 79.3 Å². The van der Waals surface area contributed by atoms with Gasteiger partial charge < -0.3 is 9.80 Å². The van der Waals surface area contributed by atoms with Crippen LogP contribution in [0.3, 0.4) is 0 Å². The molecule has 0 N–H and O–H groups in total. The number of piperazine rings is 1. The van der Waals surface area contributed by atoms with Gasteiger partial charge >= 0.3 is 0 Å². The zero-order valence-electron chi connectivity index (χ0n) is 14.0. The second-order valence-corrected chi connectivity index (χ2v) is 7.13. The third kappa shape index (κ3) is 3.60. The molecule has 26 heavy (non-hydrogen) atoms. The second-order valence-electron chi connectivity index (χ2n) is 6.03. The summed E-state index contributed by atoms with van der Waals surface area (Å²) in [5, 5.41) is -0.110. The van der Waals surface area contributed by atoms with Crippen LogP contribution in [0.4, 0.5) is 11.8 Å². The van der Waals surface area contributed by atoms with Crippen LogP contribution in [-0.2, 0) is 9.59 Å². The number of rotatable bonds is 3. The lowest BCUT2D eigenvalue weighted by atomic mass is 10.2. The van der Waals surface area contributed by atoms with Gasteiger partial charge in [-0.15, -0.1) is 0 Å². The molecule has 0 radical (unpaired) electrons.